The van der Waals surface area contributed by atoms with Crippen molar-refractivity contribution in [2.24, 2.45) is 0 Å². The Morgan fingerprint density at radius 2 is 2.00 bits per heavy atom. The quantitative estimate of drug-likeness (QED) is 0.459. The molecular weight excluding hydrogens is 410 g/mol. The second-order valence-electron chi connectivity index (χ2n) is 8.20. The van der Waals surface area contributed by atoms with Crippen molar-refractivity contribution in [3.05, 3.63) is 17.8 Å². The normalized spacial score (nSPS) is 26.2. The molecule has 0 bridgehead atoms. The molecule has 1 aliphatic carbocycles. The summed E-state index contributed by atoms with van der Waals surface area (Å²) in [7, 11) is -3.19. The highest BCUT2D eigenvalue weighted by molar-refractivity contribution is 7.88. The number of aliphatic carboxylic acids is 1. The van der Waals surface area contributed by atoms with Gasteiger partial charge in [0.15, 0.2) is 0 Å². The van der Waals surface area contributed by atoms with E-state index in [-0.39, 0.29) is 12.1 Å². The summed E-state index contributed by atoms with van der Waals surface area (Å²) in [6.07, 6.45) is 8.81. The first-order valence-corrected chi connectivity index (χ1v) is 11.9. The fourth-order valence-corrected chi connectivity index (χ4v) is 4.79. The number of sulfonamides is 1. The molecule has 0 radical (unpaired) electrons. The van der Waals surface area contributed by atoms with Crippen molar-refractivity contribution in [1.82, 2.24) is 14.3 Å². The van der Waals surface area contributed by atoms with Gasteiger partial charge >= 0.3 is 5.97 Å². The summed E-state index contributed by atoms with van der Waals surface area (Å²) in [6.45, 7) is 2.65. The molecule has 166 valence electrons. The van der Waals surface area contributed by atoms with Crippen LogP contribution in [0.5, 0.6) is 0 Å². The first-order valence-electron chi connectivity index (χ1n) is 10.0. The van der Waals surface area contributed by atoms with Crippen molar-refractivity contribution in [2.75, 3.05) is 30.0 Å². The molecule has 10 nitrogen and oxygen atoms in total. The highest BCUT2D eigenvalue weighted by Crippen LogP contribution is 2.32. The van der Waals surface area contributed by atoms with Gasteiger partial charge in [-0.3, -0.25) is 0 Å². The summed E-state index contributed by atoms with van der Waals surface area (Å²) in [6, 6.07) is -0.166. The Hall–Kier alpha value is -2.24. The number of rotatable bonds is 7. The summed E-state index contributed by atoms with van der Waals surface area (Å²) < 4.78 is 24.8. The lowest BCUT2D eigenvalue weighted by Gasteiger charge is -2.31. The van der Waals surface area contributed by atoms with E-state index in [9.17, 15) is 18.3 Å². The average Bonchev–Trinajstić information content (AvgIpc) is 2.99. The fourth-order valence-electron chi connectivity index (χ4n) is 3.92. The fraction of sp³-hybridized carbons (Fsp3) is 0.632. The largest absolute Gasteiger partial charge is 0.478 e. The monoisotopic (exact) mass is 439 g/mol. The van der Waals surface area contributed by atoms with Gasteiger partial charge in [-0.1, -0.05) is 0 Å². The standard InChI is InChI=1S/C19H29N5O5S/c1-19(27)9-3-4-15(19)22-17-13(5-6-16(25)26)12-20-18(23-17)21-14-7-10-24(11-8-14)30(2,28)29/h5-6,12,14-15,27H,3-4,7-11H2,1-2H3,(H,25,26)(H2,20,21,22,23)/t15-,19-/m1/s1. The van der Waals surface area contributed by atoms with Crippen LogP contribution in [0, 0.1) is 0 Å². The van der Waals surface area contributed by atoms with Crippen molar-refractivity contribution in [2.45, 2.75) is 56.7 Å². The predicted octanol–water partition coefficient (Wildman–Crippen LogP) is 1.13. The van der Waals surface area contributed by atoms with E-state index in [0.29, 0.717) is 49.7 Å². The van der Waals surface area contributed by atoms with Crippen LogP contribution in [0.4, 0.5) is 11.8 Å². The number of hydrogen-bond donors (Lipinski definition) is 4. The minimum atomic E-state index is -3.19. The van der Waals surface area contributed by atoms with Crippen molar-refractivity contribution in [1.29, 1.82) is 0 Å². The minimum Gasteiger partial charge on any atom is -0.478 e. The van der Waals surface area contributed by atoms with Crippen LogP contribution in [0.1, 0.15) is 44.6 Å². The molecule has 1 saturated carbocycles. The third-order valence-electron chi connectivity index (χ3n) is 5.72. The first-order chi connectivity index (χ1) is 14.0. The van der Waals surface area contributed by atoms with Gasteiger partial charge in [0.25, 0.3) is 0 Å². The van der Waals surface area contributed by atoms with E-state index in [1.807, 2.05) is 0 Å². The molecule has 1 aromatic heterocycles. The molecule has 4 N–H and O–H groups in total. The number of carboxylic acids is 1. The molecule has 2 aliphatic rings. The van der Waals surface area contributed by atoms with Crippen LogP contribution in [0.15, 0.2) is 12.3 Å². The number of aromatic nitrogens is 2. The van der Waals surface area contributed by atoms with Crippen molar-refractivity contribution in [3.63, 3.8) is 0 Å². The molecule has 1 aromatic rings. The van der Waals surface area contributed by atoms with Crippen LogP contribution < -0.4 is 10.6 Å². The van der Waals surface area contributed by atoms with E-state index < -0.39 is 21.6 Å². The van der Waals surface area contributed by atoms with Crippen LogP contribution in [-0.4, -0.2) is 75.9 Å². The molecule has 30 heavy (non-hydrogen) atoms. The topological polar surface area (TPSA) is 145 Å². The van der Waals surface area contributed by atoms with Gasteiger partial charge < -0.3 is 20.8 Å². The van der Waals surface area contributed by atoms with E-state index in [0.717, 1.165) is 18.9 Å². The molecule has 1 aliphatic heterocycles. The summed E-state index contributed by atoms with van der Waals surface area (Å²) in [5.74, 6) is -0.250. The Morgan fingerprint density at radius 3 is 2.57 bits per heavy atom. The smallest absolute Gasteiger partial charge is 0.328 e. The molecule has 1 saturated heterocycles. The molecule has 3 rings (SSSR count). The number of carbonyl (C=O) groups is 1. The van der Waals surface area contributed by atoms with Gasteiger partial charge in [-0.2, -0.15) is 4.98 Å². The molecule has 2 fully saturated rings. The summed E-state index contributed by atoms with van der Waals surface area (Å²) in [5, 5.41) is 26.0. The molecule has 0 aromatic carbocycles. The molecule has 0 spiro atoms. The third kappa shape index (κ3) is 5.67. The van der Waals surface area contributed by atoms with Gasteiger partial charge in [0.2, 0.25) is 16.0 Å². The van der Waals surface area contributed by atoms with Gasteiger partial charge in [-0.05, 0) is 45.1 Å². The summed E-state index contributed by atoms with van der Waals surface area (Å²) in [5.41, 5.74) is -0.359. The average molecular weight is 440 g/mol. The maximum Gasteiger partial charge on any atom is 0.328 e. The van der Waals surface area contributed by atoms with Crippen LogP contribution in [0.25, 0.3) is 6.08 Å². The number of nitrogens with zero attached hydrogens (tertiary/aromatic N) is 3. The Bertz CT molecular complexity index is 910. The van der Waals surface area contributed by atoms with E-state index in [1.54, 1.807) is 6.92 Å². The maximum absolute atomic E-state index is 11.7. The SMILES string of the molecule is C[C@@]1(O)CCC[C@H]1Nc1nc(NC2CCN(S(C)(=O)=O)CC2)ncc1C=CC(=O)O. The van der Waals surface area contributed by atoms with Crippen LogP contribution in [-0.2, 0) is 14.8 Å². The van der Waals surface area contributed by atoms with Crippen LogP contribution >= 0.6 is 0 Å². The molecule has 0 unspecified atom stereocenters. The molecule has 0 amide bonds. The minimum absolute atomic E-state index is 0.0332. The number of hydrogen-bond acceptors (Lipinski definition) is 8. The van der Waals surface area contributed by atoms with Gasteiger partial charge in [0, 0.05) is 37.0 Å². The Labute approximate surface area is 176 Å². The van der Waals surface area contributed by atoms with Crippen LogP contribution in [0.3, 0.4) is 0 Å². The number of aliphatic hydroxyl groups is 1. The van der Waals surface area contributed by atoms with Crippen molar-refractivity contribution < 1.29 is 23.4 Å². The molecular formula is C19H29N5O5S. The Balaban J connectivity index is 1.75. The van der Waals surface area contributed by atoms with E-state index in [2.05, 4.69) is 20.6 Å². The molecule has 2 heterocycles. The maximum atomic E-state index is 11.7. The van der Waals surface area contributed by atoms with Crippen molar-refractivity contribution in [3.8, 4) is 0 Å². The van der Waals surface area contributed by atoms with Crippen molar-refractivity contribution >= 4 is 33.8 Å². The first kappa shape index (κ1) is 22.4. The second kappa shape index (κ2) is 8.86. The summed E-state index contributed by atoms with van der Waals surface area (Å²) in [4.78, 5) is 19.7. The van der Waals surface area contributed by atoms with E-state index >= 15 is 0 Å². The van der Waals surface area contributed by atoms with E-state index in [1.165, 1.54) is 22.8 Å². The predicted molar refractivity (Wildman–Crippen MR) is 114 cm³/mol. The summed E-state index contributed by atoms with van der Waals surface area (Å²) >= 11 is 0. The number of carboxylic acid groups (broad SMARTS) is 1. The highest BCUT2D eigenvalue weighted by atomic mass is 32.2. The Morgan fingerprint density at radius 1 is 1.30 bits per heavy atom. The molecule has 11 heteroatoms. The highest BCUT2D eigenvalue weighted by Gasteiger charge is 2.37. The van der Waals surface area contributed by atoms with Gasteiger partial charge in [-0.25, -0.2) is 22.5 Å². The molecule has 2 atom stereocenters. The second-order valence-corrected chi connectivity index (χ2v) is 10.2. The lowest BCUT2D eigenvalue weighted by atomic mass is 10.0. The zero-order valence-electron chi connectivity index (χ0n) is 17.2. The third-order valence-corrected chi connectivity index (χ3v) is 7.02. The Kier molecular flexibility index (Phi) is 6.63. The van der Waals surface area contributed by atoms with Crippen LogP contribution in [0.2, 0.25) is 0 Å². The zero-order valence-corrected chi connectivity index (χ0v) is 18.0. The number of anilines is 2. The van der Waals surface area contributed by atoms with Gasteiger partial charge in [0.1, 0.15) is 5.82 Å². The van der Waals surface area contributed by atoms with Gasteiger partial charge in [-0.15, -0.1) is 0 Å². The number of nitrogens with one attached hydrogen (secondary N) is 2. The lowest BCUT2D eigenvalue weighted by molar-refractivity contribution is -0.131. The number of piperidine rings is 1. The lowest BCUT2D eigenvalue weighted by Crippen LogP contribution is -2.42. The zero-order chi connectivity index (χ0) is 21.9. The van der Waals surface area contributed by atoms with Gasteiger partial charge in [0.05, 0.1) is 17.9 Å². The van der Waals surface area contributed by atoms with E-state index in [4.69, 9.17) is 5.11 Å².